The highest BCUT2D eigenvalue weighted by Crippen LogP contribution is 2.02. The van der Waals surface area contributed by atoms with E-state index < -0.39 is 10.7 Å². The van der Waals surface area contributed by atoms with Gasteiger partial charge in [0.2, 0.25) is 6.26 Å². The van der Waals surface area contributed by atoms with E-state index in [0.717, 1.165) is 5.56 Å². The van der Waals surface area contributed by atoms with Crippen molar-refractivity contribution in [3.63, 3.8) is 0 Å². The first-order valence-electron chi connectivity index (χ1n) is 3.49. The summed E-state index contributed by atoms with van der Waals surface area (Å²) >= 11 is 0.500. The second-order valence-corrected chi connectivity index (χ2v) is 3.62. The summed E-state index contributed by atoms with van der Waals surface area (Å²) in [5.41, 5.74) is 1.07. The summed E-state index contributed by atoms with van der Waals surface area (Å²) in [6.07, 6.45) is 1.49. The van der Waals surface area contributed by atoms with Crippen LogP contribution in [0.5, 0.6) is 0 Å². The Kier molecular flexibility index (Phi) is 6.26. The number of benzene rings is 1. The van der Waals surface area contributed by atoms with Gasteiger partial charge in [0, 0.05) is 4.21 Å². The Morgan fingerprint density at radius 3 is 1.85 bits per heavy atom. The van der Waals surface area contributed by atoms with Gasteiger partial charge in [0.05, 0.1) is 4.90 Å². The maximum absolute atomic E-state index is 10.3. The monoisotopic (exact) mass is 219 g/mol. The lowest BCUT2D eigenvalue weighted by molar-refractivity contribution is 0.607. The Hall–Kier alpha value is -0.810. The first-order chi connectivity index (χ1) is 6.11. The molecule has 3 nitrogen and oxygen atoms in total. The van der Waals surface area contributed by atoms with Crippen LogP contribution in [0.4, 0.5) is 0 Å². The lowest BCUT2D eigenvalue weighted by atomic mass is 10.2. The van der Waals surface area contributed by atoms with Gasteiger partial charge in [0.25, 0.3) is 0 Å². The number of aryl methyl sites for hydroxylation is 1. The van der Waals surface area contributed by atoms with Crippen molar-refractivity contribution in [3.05, 3.63) is 29.8 Å². The van der Waals surface area contributed by atoms with Crippen molar-refractivity contribution in [1.82, 2.24) is 0 Å². The van der Waals surface area contributed by atoms with Crippen LogP contribution in [-0.4, -0.2) is 14.7 Å². The molecule has 0 aliphatic heterocycles. The lowest BCUT2D eigenvalue weighted by Crippen LogP contribution is -1.78. The third kappa shape index (κ3) is 5.43. The minimum atomic E-state index is -2.41. The average Bonchev–Trinajstić information content (AvgIpc) is 2.06. The highest BCUT2D eigenvalue weighted by molar-refractivity contribution is 7.72. The molecule has 0 amide bonds. The van der Waals surface area contributed by atoms with Crippen LogP contribution in [0.2, 0.25) is 0 Å². The minimum absolute atomic E-state index is 0.376. The minimum Gasteiger partial charge on any atom is -0.227 e. The van der Waals surface area contributed by atoms with Crippen LogP contribution in [0.1, 0.15) is 5.56 Å². The van der Waals surface area contributed by atoms with E-state index in [0.29, 0.717) is 16.6 Å². The Labute approximate surface area is 83.2 Å². The highest BCUT2D eigenvalue weighted by Gasteiger charge is 1.90. The van der Waals surface area contributed by atoms with E-state index in [1.807, 2.05) is 6.92 Å². The van der Waals surface area contributed by atoms with Crippen molar-refractivity contribution < 1.29 is 12.6 Å². The predicted octanol–water partition coefficient (Wildman–Crippen LogP) is 1.01. The summed E-state index contributed by atoms with van der Waals surface area (Å²) in [5.74, 6) is 0. The van der Waals surface area contributed by atoms with Gasteiger partial charge < -0.3 is 0 Å². The van der Waals surface area contributed by atoms with Crippen LogP contribution in [-0.2, 0) is 26.6 Å². The van der Waals surface area contributed by atoms with Gasteiger partial charge in [-0.15, -0.1) is 0 Å². The molecule has 0 heterocycles. The molecule has 5 heteroatoms. The molecule has 72 valence electrons. The molecule has 1 aromatic rings. The van der Waals surface area contributed by atoms with E-state index >= 15 is 0 Å². The fourth-order valence-electron chi connectivity index (χ4n) is 0.666. The first kappa shape index (κ1) is 12.2. The smallest absolute Gasteiger partial charge is 0.227 e. The molecule has 0 saturated heterocycles. The van der Waals surface area contributed by atoms with Crippen molar-refractivity contribution in [2.75, 3.05) is 6.26 Å². The molecule has 0 N–H and O–H groups in total. The fraction of sp³-hybridized carbons (Fsp3) is 0.250. The second kappa shape index (κ2) is 6.68. The standard InChI is InChI=1S/C7H8O2S.CH3OS/c1-6-2-4-7(5-3-6)10(8)9;1-3-2/h2-5,10H,1H3;1H3/q;+1. The molecule has 0 saturated carbocycles. The molecule has 0 radical (unpaired) electrons. The van der Waals surface area contributed by atoms with E-state index in [4.69, 9.17) is 4.21 Å². The summed E-state index contributed by atoms with van der Waals surface area (Å²) in [7, 11) is -2.41. The van der Waals surface area contributed by atoms with Gasteiger partial charge >= 0.3 is 11.7 Å². The zero-order valence-corrected chi connectivity index (χ0v) is 9.10. The number of thiol groups is 1. The van der Waals surface area contributed by atoms with Gasteiger partial charge in [-0.2, -0.15) is 0 Å². The fourth-order valence-corrected chi connectivity index (χ4v) is 1.06. The van der Waals surface area contributed by atoms with Gasteiger partial charge in [0.1, 0.15) is 0 Å². The normalized spacial score (nSPS) is 8.85. The van der Waals surface area contributed by atoms with Gasteiger partial charge in [-0.05, 0) is 19.1 Å². The van der Waals surface area contributed by atoms with E-state index in [1.54, 1.807) is 24.3 Å². The maximum atomic E-state index is 10.3. The van der Waals surface area contributed by atoms with Gasteiger partial charge in [0.15, 0.2) is 10.7 Å². The summed E-state index contributed by atoms with van der Waals surface area (Å²) in [5, 5.41) is 0. The van der Waals surface area contributed by atoms with E-state index in [-0.39, 0.29) is 0 Å². The molecule has 0 bridgehead atoms. The van der Waals surface area contributed by atoms with E-state index in [9.17, 15) is 8.42 Å². The SMILES string of the molecule is C[S+]=O.Cc1ccc([SH](=O)=O)cc1. The molecule has 0 spiro atoms. The van der Waals surface area contributed by atoms with Crippen molar-refractivity contribution in [2.45, 2.75) is 11.8 Å². The molecule has 13 heavy (non-hydrogen) atoms. The molecule has 1 aromatic carbocycles. The number of rotatable bonds is 1. The van der Waals surface area contributed by atoms with Crippen molar-refractivity contribution in [1.29, 1.82) is 0 Å². The zero-order chi connectivity index (χ0) is 10.3. The van der Waals surface area contributed by atoms with Gasteiger partial charge in [-0.3, -0.25) is 0 Å². The Morgan fingerprint density at radius 1 is 1.15 bits per heavy atom. The Morgan fingerprint density at radius 2 is 1.54 bits per heavy atom. The first-order valence-corrected chi connectivity index (χ1v) is 5.81. The van der Waals surface area contributed by atoms with Crippen LogP contribution in [0.15, 0.2) is 29.2 Å². The number of hydrogen-bond donors (Lipinski definition) is 1. The van der Waals surface area contributed by atoms with E-state index in [2.05, 4.69) is 0 Å². The molecule has 0 aliphatic rings. The van der Waals surface area contributed by atoms with Crippen molar-refractivity contribution in [2.24, 2.45) is 0 Å². The third-order valence-electron chi connectivity index (χ3n) is 1.24. The summed E-state index contributed by atoms with van der Waals surface area (Å²) in [6.45, 7) is 1.92. The predicted molar refractivity (Wildman–Crippen MR) is 53.7 cm³/mol. The zero-order valence-electron chi connectivity index (χ0n) is 7.39. The van der Waals surface area contributed by atoms with E-state index in [1.165, 1.54) is 6.26 Å². The van der Waals surface area contributed by atoms with Crippen LogP contribution < -0.4 is 0 Å². The molecule has 1 rings (SSSR count). The summed E-state index contributed by atoms with van der Waals surface area (Å²) in [4.78, 5) is 0.376. The average molecular weight is 219 g/mol. The molecule has 0 unspecified atom stereocenters. The molecular weight excluding hydrogens is 208 g/mol. The van der Waals surface area contributed by atoms with Crippen LogP contribution in [0.3, 0.4) is 0 Å². The quantitative estimate of drug-likeness (QED) is 0.566. The van der Waals surface area contributed by atoms with Crippen LogP contribution >= 0.6 is 0 Å². The summed E-state index contributed by atoms with van der Waals surface area (Å²) < 4.78 is 29.5. The van der Waals surface area contributed by atoms with Crippen molar-refractivity contribution >= 4 is 22.4 Å². The van der Waals surface area contributed by atoms with Gasteiger partial charge in [-0.1, -0.05) is 17.7 Å². The highest BCUT2D eigenvalue weighted by atomic mass is 32.2. The Bertz CT molecular complexity index is 320. The maximum Gasteiger partial charge on any atom is 0.455 e. The molecule has 0 atom stereocenters. The van der Waals surface area contributed by atoms with Gasteiger partial charge in [-0.25, -0.2) is 8.42 Å². The third-order valence-corrected chi connectivity index (χ3v) is 1.96. The topological polar surface area (TPSA) is 51.2 Å². The van der Waals surface area contributed by atoms with Crippen LogP contribution in [0.25, 0.3) is 0 Å². The summed E-state index contributed by atoms with van der Waals surface area (Å²) in [6, 6.07) is 6.75. The second-order valence-electron chi connectivity index (χ2n) is 2.26. The van der Waals surface area contributed by atoms with Crippen molar-refractivity contribution in [3.8, 4) is 0 Å². The number of hydrogen-bond acceptors (Lipinski definition) is 3. The lowest BCUT2D eigenvalue weighted by Gasteiger charge is -1.90. The molecule has 0 aliphatic carbocycles. The molecule has 0 fully saturated rings. The Balaban J connectivity index is 0.000000424. The van der Waals surface area contributed by atoms with Crippen LogP contribution in [0, 0.1) is 6.92 Å². The largest absolute Gasteiger partial charge is 0.455 e. The molecule has 0 aromatic heterocycles. The molecular formula is C8H11O3S2+.